The normalized spacial score (nSPS) is 15.1. The summed E-state index contributed by atoms with van der Waals surface area (Å²) < 4.78 is 38.6. The monoisotopic (exact) mass is 453 g/mol. The van der Waals surface area contributed by atoms with Crippen LogP contribution in [0.25, 0.3) is 0 Å². The number of carbonyl (C=O) groups excluding carboxylic acids is 1. The molecule has 1 aromatic carbocycles. The lowest BCUT2D eigenvalue weighted by molar-refractivity contribution is -0.645. The predicted molar refractivity (Wildman–Crippen MR) is 111 cm³/mol. The molecule has 0 saturated carbocycles. The van der Waals surface area contributed by atoms with Crippen molar-refractivity contribution >= 4 is 27.7 Å². The van der Waals surface area contributed by atoms with Crippen LogP contribution in [0.4, 0.5) is 0 Å². The Kier molecular flexibility index (Phi) is 7.06. The number of ether oxygens (including phenoxy) is 2. The molecular formula is C19H23N3O6S2. The van der Waals surface area contributed by atoms with E-state index in [0.717, 1.165) is 11.8 Å². The third kappa shape index (κ3) is 4.79. The Morgan fingerprint density at radius 2 is 1.87 bits per heavy atom. The van der Waals surface area contributed by atoms with Crippen LogP contribution in [0.1, 0.15) is 0 Å². The molecule has 0 N–H and O–H groups in total. The Labute approximate surface area is 179 Å². The van der Waals surface area contributed by atoms with E-state index in [1.165, 1.54) is 30.8 Å². The molecule has 1 aromatic heterocycles. The largest absolute Gasteiger partial charge is 0.618 e. The fourth-order valence-electron chi connectivity index (χ4n) is 3.05. The summed E-state index contributed by atoms with van der Waals surface area (Å²) in [5.74, 6) is 0.624. The van der Waals surface area contributed by atoms with E-state index < -0.39 is 10.0 Å². The van der Waals surface area contributed by atoms with E-state index >= 15 is 0 Å². The Balaban J connectivity index is 1.63. The van der Waals surface area contributed by atoms with Crippen LogP contribution in [-0.4, -0.2) is 69.7 Å². The number of aromatic nitrogens is 1. The van der Waals surface area contributed by atoms with Crippen molar-refractivity contribution in [1.82, 2.24) is 9.21 Å². The highest BCUT2D eigenvalue weighted by molar-refractivity contribution is 7.99. The minimum Gasteiger partial charge on any atom is -0.618 e. The number of piperazine rings is 1. The van der Waals surface area contributed by atoms with Crippen LogP contribution in [0.2, 0.25) is 0 Å². The number of pyridine rings is 1. The second-order valence-electron chi connectivity index (χ2n) is 6.46. The minimum absolute atomic E-state index is 0.0313. The molecule has 0 bridgehead atoms. The zero-order valence-electron chi connectivity index (χ0n) is 16.7. The molecule has 2 heterocycles. The fraction of sp³-hybridized carbons (Fsp3) is 0.368. The van der Waals surface area contributed by atoms with Gasteiger partial charge in [0.2, 0.25) is 15.9 Å². The number of thioether (sulfide) groups is 1. The first-order valence-corrected chi connectivity index (χ1v) is 11.6. The summed E-state index contributed by atoms with van der Waals surface area (Å²) in [6, 6.07) is 9.62. The maximum atomic E-state index is 13.1. The van der Waals surface area contributed by atoms with Gasteiger partial charge in [-0.05, 0) is 30.0 Å². The molecule has 9 nitrogen and oxygen atoms in total. The van der Waals surface area contributed by atoms with Gasteiger partial charge in [-0.1, -0.05) is 0 Å². The molecular weight excluding hydrogens is 430 g/mol. The van der Waals surface area contributed by atoms with Crippen LogP contribution < -0.4 is 14.2 Å². The number of nitrogens with zero attached hydrogens (tertiary/aromatic N) is 3. The third-order valence-electron chi connectivity index (χ3n) is 4.71. The van der Waals surface area contributed by atoms with E-state index in [2.05, 4.69) is 0 Å². The number of amides is 1. The van der Waals surface area contributed by atoms with Crippen molar-refractivity contribution in [3.63, 3.8) is 0 Å². The average Bonchev–Trinajstić information content (AvgIpc) is 2.78. The summed E-state index contributed by atoms with van der Waals surface area (Å²) in [4.78, 5) is 14.1. The quantitative estimate of drug-likeness (QED) is 0.349. The van der Waals surface area contributed by atoms with Gasteiger partial charge in [-0.15, -0.1) is 0 Å². The Bertz CT molecular complexity index is 1010. The molecule has 162 valence electrons. The number of methoxy groups -OCH3 is 2. The van der Waals surface area contributed by atoms with E-state index in [9.17, 15) is 18.4 Å². The first-order chi connectivity index (χ1) is 14.4. The molecule has 1 saturated heterocycles. The van der Waals surface area contributed by atoms with Crippen LogP contribution in [0.15, 0.2) is 52.5 Å². The van der Waals surface area contributed by atoms with E-state index in [1.54, 1.807) is 35.2 Å². The van der Waals surface area contributed by atoms with Crippen LogP contribution in [0.3, 0.4) is 0 Å². The van der Waals surface area contributed by atoms with Crippen molar-refractivity contribution in [1.29, 1.82) is 0 Å². The van der Waals surface area contributed by atoms with Gasteiger partial charge in [0.05, 0.1) is 20.0 Å². The minimum atomic E-state index is -3.81. The van der Waals surface area contributed by atoms with Crippen LogP contribution in [-0.2, 0) is 14.8 Å². The molecule has 1 amide bonds. The van der Waals surface area contributed by atoms with E-state index in [1.807, 2.05) is 0 Å². The molecule has 11 heteroatoms. The van der Waals surface area contributed by atoms with Crippen LogP contribution in [0.5, 0.6) is 11.5 Å². The summed E-state index contributed by atoms with van der Waals surface area (Å²) in [5, 5.41) is 12.1. The first-order valence-electron chi connectivity index (χ1n) is 9.17. The molecule has 0 atom stereocenters. The predicted octanol–water partition coefficient (Wildman–Crippen LogP) is 0.962. The van der Waals surface area contributed by atoms with Gasteiger partial charge in [0.15, 0.2) is 6.20 Å². The third-order valence-corrected chi connectivity index (χ3v) is 7.63. The summed E-state index contributed by atoms with van der Waals surface area (Å²) in [5.41, 5.74) is 0. The van der Waals surface area contributed by atoms with Gasteiger partial charge < -0.3 is 19.6 Å². The number of rotatable bonds is 7. The van der Waals surface area contributed by atoms with Crippen molar-refractivity contribution in [3.8, 4) is 11.5 Å². The number of carbonyl (C=O) groups is 1. The molecule has 1 aliphatic heterocycles. The zero-order valence-corrected chi connectivity index (χ0v) is 18.3. The van der Waals surface area contributed by atoms with Gasteiger partial charge in [-0.3, -0.25) is 4.79 Å². The zero-order chi connectivity index (χ0) is 21.7. The molecule has 3 rings (SSSR count). The van der Waals surface area contributed by atoms with E-state index in [-0.39, 0.29) is 48.5 Å². The highest BCUT2D eigenvalue weighted by Crippen LogP contribution is 2.31. The van der Waals surface area contributed by atoms with E-state index in [4.69, 9.17) is 9.47 Å². The van der Waals surface area contributed by atoms with Gasteiger partial charge in [0.25, 0.3) is 5.03 Å². The molecule has 0 radical (unpaired) electrons. The van der Waals surface area contributed by atoms with Gasteiger partial charge >= 0.3 is 0 Å². The number of hydrogen-bond donors (Lipinski definition) is 0. The highest BCUT2D eigenvalue weighted by Gasteiger charge is 2.32. The van der Waals surface area contributed by atoms with Crippen LogP contribution in [0, 0.1) is 5.21 Å². The molecule has 0 aliphatic carbocycles. The van der Waals surface area contributed by atoms with Gasteiger partial charge in [-0.25, -0.2) is 8.42 Å². The summed E-state index contributed by atoms with van der Waals surface area (Å²) in [6.07, 6.45) is 1.38. The fourth-order valence-corrected chi connectivity index (χ4v) is 5.46. The van der Waals surface area contributed by atoms with Gasteiger partial charge in [-0.2, -0.15) is 9.04 Å². The smallest absolute Gasteiger partial charge is 0.251 e. The molecule has 1 aliphatic rings. The van der Waals surface area contributed by atoms with Crippen molar-refractivity contribution in [2.45, 2.75) is 9.92 Å². The average molecular weight is 454 g/mol. The summed E-state index contributed by atoms with van der Waals surface area (Å²) >= 11 is 1.16. The van der Waals surface area contributed by atoms with Crippen molar-refractivity contribution in [2.75, 3.05) is 46.2 Å². The Morgan fingerprint density at radius 1 is 1.13 bits per heavy atom. The molecule has 30 heavy (non-hydrogen) atoms. The van der Waals surface area contributed by atoms with Crippen molar-refractivity contribution in [3.05, 3.63) is 47.8 Å². The summed E-state index contributed by atoms with van der Waals surface area (Å²) in [7, 11) is -0.934. The van der Waals surface area contributed by atoms with Crippen LogP contribution >= 0.6 is 11.8 Å². The van der Waals surface area contributed by atoms with Gasteiger partial charge in [0.1, 0.15) is 16.4 Å². The van der Waals surface area contributed by atoms with Crippen molar-refractivity contribution in [2.24, 2.45) is 0 Å². The van der Waals surface area contributed by atoms with Gasteiger partial charge in [0, 0.05) is 44.4 Å². The topological polar surface area (TPSA) is 103 Å². The highest BCUT2D eigenvalue weighted by atomic mass is 32.2. The lowest BCUT2D eigenvalue weighted by Gasteiger charge is -2.34. The SMILES string of the molecule is COc1ccc(OC)c(S(=O)(=O)N2CCN(C(=O)CSc3cccc[n+]3[O-])CC2)c1. The van der Waals surface area contributed by atoms with E-state index in [0.29, 0.717) is 15.5 Å². The lowest BCUT2D eigenvalue weighted by atomic mass is 10.3. The Morgan fingerprint density at radius 3 is 2.50 bits per heavy atom. The first kappa shape index (κ1) is 22.2. The number of sulfonamides is 1. The lowest BCUT2D eigenvalue weighted by Crippen LogP contribution is -2.51. The standard InChI is InChI=1S/C19H23N3O6S2/c1-27-15-6-7-16(28-2)17(13-15)30(25,26)21-11-9-20(10-12-21)18(23)14-29-19-5-3-4-8-22(19)24/h3-8,13H,9-12,14H2,1-2H3. The van der Waals surface area contributed by atoms with Crippen molar-refractivity contribution < 1.29 is 27.4 Å². The number of hydrogen-bond acceptors (Lipinski definition) is 7. The maximum absolute atomic E-state index is 13.1. The molecule has 2 aromatic rings. The molecule has 1 fully saturated rings. The summed E-state index contributed by atoms with van der Waals surface area (Å²) in [6.45, 7) is 0.895. The second kappa shape index (κ2) is 9.54. The molecule has 0 unspecified atom stereocenters. The number of benzene rings is 1. The second-order valence-corrected chi connectivity index (χ2v) is 9.36. The molecule has 0 spiro atoms. The maximum Gasteiger partial charge on any atom is 0.251 e. The Hall–Kier alpha value is -2.50.